The van der Waals surface area contributed by atoms with Crippen LogP contribution in [0.25, 0.3) is 21.8 Å². The fraction of sp³-hybridized carbons (Fsp3) is 0.480. The highest BCUT2D eigenvalue weighted by Gasteiger charge is 2.31. The van der Waals surface area contributed by atoms with Crippen LogP contribution in [0.2, 0.25) is 0 Å². The summed E-state index contributed by atoms with van der Waals surface area (Å²) in [4.78, 5) is 15.3. The van der Waals surface area contributed by atoms with Crippen LogP contribution in [0.1, 0.15) is 43.5 Å². The van der Waals surface area contributed by atoms with E-state index in [1.807, 2.05) is 36.5 Å². The van der Waals surface area contributed by atoms with Crippen molar-refractivity contribution in [1.82, 2.24) is 20.3 Å². The second kappa shape index (κ2) is 9.75. The van der Waals surface area contributed by atoms with Gasteiger partial charge in [-0.1, -0.05) is 12.8 Å². The average Bonchev–Trinajstić information content (AvgIpc) is 3.49. The molecule has 7 nitrogen and oxygen atoms in total. The first-order valence-corrected chi connectivity index (χ1v) is 12.6. The Morgan fingerprint density at radius 3 is 2.61 bits per heavy atom. The molecule has 1 aliphatic heterocycles. The van der Waals surface area contributed by atoms with Crippen LogP contribution >= 0.6 is 11.3 Å². The molecule has 8 heteroatoms. The molecule has 1 aliphatic carbocycles. The van der Waals surface area contributed by atoms with Gasteiger partial charge in [0.15, 0.2) is 0 Å². The second-order valence-corrected chi connectivity index (χ2v) is 10.1. The van der Waals surface area contributed by atoms with Crippen LogP contribution in [0.3, 0.4) is 0 Å². The van der Waals surface area contributed by atoms with Gasteiger partial charge in [0.25, 0.3) is 0 Å². The minimum absolute atomic E-state index is 0.451. The number of aliphatic hydroxyl groups is 1. The van der Waals surface area contributed by atoms with Gasteiger partial charge in [0, 0.05) is 24.2 Å². The van der Waals surface area contributed by atoms with Crippen LogP contribution < -0.4 is 15.4 Å². The molecule has 2 aliphatic rings. The first-order valence-electron chi connectivity index (χ1n) is 11.8. The van der Waals surface area contributed by atoms with Gasteiger partial charge >= 0.3 is 0 Å². The molecule has 0 atom stereocenters. The lowest BCUT2D eigenvalue weighted by atomic mass is 9.89. The maximum atomic E-state index is 11.1. The van der Waals surface area contributed by atoms with Crippen LogP contribution in [0.15, 0.2) is 36.5 Å². The van der Waals surface area contributed by atoms with Gasteiger partial charge in [0.2, 0.25) is 5.95 Å². The smallest absolute Gasteiger partial charge is 0.223 e. The van der Waals surface area contributed by atoms with E-state index in [2.05, 4.69) is 15.6 Å². The van der Waals surface area contributed by atoms with Gasteiger partial charge in [-0.2, -0.15) is 0 Å². The topological polar surface area (TPSA) is 92.2 Å². The highest BCUT2D eigenvalue weighted by atomic mass is 32.1. The third-order valence-corrected chi connectivity index (χ3v) is 7.70. The molecule has 5 rings (SSSR count). The largest absolute Gasteiger partial charge is 0.497 e. The van der Waals surface area contributed by atoms with E-state index in [0.29, 0.717) is 18.4 Å². The highest BCUT2D eigenvalue weighted by Crippen LogP contribution is 2.38. The molecule has 1 saturated heterocycles. The predicted molar refractivity (Wildman–Crippen MR) is 132 cm³/mol. The van der Waals surface area contributed by atoms with Crippen molar-refractivity contribution in [2.24, 2.45) is 0 Å². The average molecular weight is 466 g/mol. The van der Waals surface area contributed by atoms with E-state index >= 15 is 0 Å². The van der Waals surface area contributed by atoms with Crippen molar-refractivity contribution in [1.29, 1.82) is 0 Å². The molecule has 33 heavy (non-hydrogen) atoms. The maximum absolute atomic E-state index is 11.1. The number of aromatic nitrogens is 3. The number of hydrogen-bond acceptors (Lipinski definition) is 8. The Balaban J connectivity index is 1.49. The van der Waals surface area contributed by atoms with E-state index in [1.165, 1.54) is 25.7 Å². The van der Waals surface area contributed by atoms with Gasteiger partial charge < -0.3 is 20.5 Å². The van der Waals surface area contributed by atoms with Crippen molar-refractivity contribution in [2.75, 3.05) is 25.5 Å². The number of anilines is 1. The molecule has 2 aromatic heterocycles. The number of piperidine rings is 1. The van der Waals surface area contributed by atoms with Gasteiger partial charge in [-0.15, -0.1) is 11.3 Å². The van der Waals surface area contributed by atoms with Crippen LogP contribution in [-0.2, 0) is 6.42 Å². The Morgan fingerprint density at radius 1 is 1.12 bits per heavy atom. The zero-order valence-electron chi connectivity index (χ0n) is 19.0. The molecule has 1 aromatic carbocycles. The first-order chi connectivity index (χ1) is 16.1. The van der Waals surface area contributed by atoms with Gasteiger partial charge in [0.05, 0.1) is 34.0 Å². The summed E-state index contributed by atoms with van der Waals surface area (Å²) in [6.07, 6.45) is 8.71. The van der Waals surface area contributed by atoms with E-state index in [1.54, 1.807) is 18.4 Å². The third-order valence-electron chi connectivity index (χ3n) is 6.63. The van der Waals surface area contributed by atoms with Crippen molar-refractivity contribution >= 4 is 17.3 Å². The summed E-state index contributed by atoms with van der Waals surface area (Å²) < 4.78 is 5.33. The molecular formula is C25H31N5O2S. The van der Waals surface area contributed by atoms with Gasteiger partial charge in [0.1, 0.15) is 5.75 Å². The first kappa shape index (κ1) is 22.3. The van der Waals surface area contributed by atoms with E-state index in [0.717, 1.165) is 58.5 Å². The van der Waals surface area contributed by atoms with Crippen molar-refractivity contribution in [3.63, 3.8) is 0 Å². The molecule has 3 N–H and O–H groups in total. The molecule has 174 valence electrons. The second-order valence-electron chi connectivity index (χ2n) is 9.06. The summed E-state index contributed by atoms with van der Waals surface area (Å²) in [6.45, 7) is 1.67. The van der Waals surface area contributed by atoms with E-state index in [4.69, 9.17) is 14.7 Å². The van der Waals surface area contributed by atoms with Gasteiger partial charge in [-0.05, 0) is 69.1 Å². The van der Waals surface area contributed by atoms with Crippen molar-refractivity contribution in [3.05, 3.63) is 41.5 Å². The fourth-order valence-electron chi connectivity index (χ4n) is 4.72. The molecule has 1 saturated carbocycles. The van der Waals surface area contributed by atoms with Crippen LogP contribution in [0.5, 0.6) is 5.75 Å². The SMILES string of the molecule is COc1ccc(-c2nc(CC3(O)CCNCC3)sc2-c2ccnc(NC3CCCC3)n2)cc1. The van der Waals surface area contributed by atoms with E-state index in [-0.39, 0.29) is 0 Å². The summed E-state index contributed by atoms with van der Waals surface area (Å²) in [6, 6.07) is 10.4. The fourth-order valence-corrected chi connectivity index (χ4v) is 5.91. The molecule has 3 aromatic rings. The summed E-state index contributed by atoms with van der Waals surface area (Å²) in [5, 5.41) is 18.9. The van der Waals surface area contributed by atoms with E-state index in [9.17, 15) is 5.11 Å². The quantitative estimate of drug-likeness (QED) is 0.479. The Morgan fingerprint density at radius 2 is 1.88 bits per heavy atom. The van der Waals surface area contributed by atoms with Crippen LogP contribution in [0, 0.1) is 0 Å². The summed E-state index contributed by atoms with van der Waals surface area (Å²) in [5.41, 5.74) is 2.05. The zero-order chi connectivity index (χ0) is 22.7. The number of nitrogens with one attached hydrogen (secondary N) is 2. The molecule has 3 heterocycles. The van der Waals surface area contributed by atoms with Crippen molar-refractivity contribution in [3.8, 4) is 27.6 Å². The summed E-state index contributed by atoms with van der Waals surface area (Å²) in [5.74, 6) is 1.48. The molecule has 2 fully saturated rings. The Hall–Kier alpha value is -2.55. The molecular weight excluding hydrogens is 434 g/mol. The number of benzene rings is 1. The number of ether oxygens (including phenoxy) is 1. The van der Waals surface area contributed by atoms with Crippen LogP contribution in [0.4, 0.5) is 5.95 Å². The number of nitrogens with zero attached hydrogens (tertiary/aromatic N) is 3. The number of hydrogen-bond donors (Lipinski definition) is 3. The summed E-state index contributed by atoms with van der Waals surface area (Å²) >= 11 is 1.62. The minimum Gasteiger partial charge on any atom is -0.497 e. The molecule has 0 amide bonds. The minimum atomic E-state index is -0.710. The molecule has 0 radical (unpaired) electrons. The standard InChI is InChI=1S/C25H31N5O2S/c1-32-19-8-6-17(7-9-19)22-23(33-21(30-22)16-25(31)11-14-26-15-12-25)20-10-13-27-24(29-20)28-18-4-2-3-5-18/h6-10,13,18,26,31H,2-5,11-12,14-16H2,1H3,(H,27,28,29). The Bertz CT molecular complexity index is 1070. The zero-order valence-corrected chi connectivity index (χ0v) is 19.8. The predicted octanol–water partition coefficient (Wildman–Crippen LogP) is 4.29. The molecule has 0 bridgehead atoms. The summed E-state index contributed by atoms with van der Waals surface area (Å²) in [7, 11) is 1.67. The maximum Gasteiger partial charge on any atom is 0.223 e. The third kappa shape index (κ3) is 5.18. The Kier molecular flexibility index (Phi) is 6.57. The van der Waals surface area contributed by atoms with Crippen molar-refractivity contribution in [2.45, 2.75) is 56.6 Å². The van der Waals surface area contributed by atoms with Crippen LogP contribution in [-0.4, -0.2) is 51.9 Å². The van der Waals surface area contributed by atoms with Gasteiger partial charge in [-0.25, -0.2) is 15.0 Å². The lowest BCUT2D eigenvalue weighted by molar-refractivity contribution is 0.0108. The van der Waals surface area contributed by atoms with Gasteiger partial charge in [-0.3, -0.25) is 0 Å². The number of methoxy groups -OCH3 is 1. The lowest BCUT2D eigenvalue weighted by Crippen LogP contribution is -2.43. The monoisotopic (exact) mass is 465 g/mol. The molecule has 0 unspecified atom stereocenters. The van der Waals surface area contributed by atoms with Crippen molar-refractivity contribution < 1.29 is 9.84 Å². The highest BCUT2D eigenvalue weighted by molar-refractivity contribution is 7.15. The van der Waals surface area contributed by atoms with E-state index < -0.39 is 5.60 Å². The molecule has 0 spiro atoms. The number of thiazole rings is 1. The normalized spacial score (nSPS) is 18.4. The Labute approximate surface area is 198 Å². The number of rotatable bonds is 7. The lowest BCUT2D eigenvalue weighted by Gasteiger charge is -2.31.